The van der Waals surface area contributed by atoms with Crippen molar-refractivity contribution in [2.75, 3.05) is 5.33 Å². The molecule has 0 N–H and O–H groups in total. The van der Waals surface area contributed by atoms with E-state index in [1.54, 1.807) is 0 Å². The van der Waals surface area contributed by atoms with Gasteiger partial charge in [0.15, 0.2) is 0 Å². The van der Waals surface area contributed by atoms with Crippen LogP contribution in [0.1, 0.15) is 11.1 Å². The van der Waals surface area contributed by atoms with Crippen molar-refractivity contribution in [3.63, 3.8) is 0 Å². The molecule has 3 heteroatoms. The van der Waals surface area contributed by atoms with E-state index in [2.05, 4.69) is 15.9 Å². The van der Waals surface area contributed by atoms with Crippen molar-refractivity contribution in [2.24, 2.45) is 0 Å². The number of benzene rings is 1. The topological polar surface area (TPSA) is 26.3 Å². The van der Waals surface area contributed by atoms with E-state index in [4.69, 9.17) is 4.74 Å². The van der Waals surface area contributed by atoms with Crippen LogP contribution in [0.15, 0.2) is 24.3 Å². The molecule has 70 valence electrons. The van der Waals surface area contributed by atoms with Gasteiger partial charge >= 0.3 is 5.97 Å². The third-order valence-electron chi connectivity index (χ3n) is 1.76. The number of carbonyl (C=O) groups excluding carboxylic acids is 1. The van der Waals surface area contributed by atoms with Crippen LogP contribution in [0.4, 0.5) is 0 Å². The standard InChI is InChI=1S/C10H11BrO2/c1-8-4-2-3-5-9(8)7-13-10(12)6-11/h2-5H,6-7H2,1H3. The molecule has 0 heterocycles. The Morgan fingerprint density at radius 1 is 1.46 bits per heavy atom. The minimum atomic E-state index is -0.233. The Morgan fingerprint density at radius 2 is 2.15 bits per heavy atom. The normalized spacial score (nSPS) is 9.69. The molecule has 0 aliphatic heterocycles. The molecule has 2 nitrogen and oxygen atoms in total. The molecule has 0 amide bonds. The highest BCUT2D eigenvalue weighted by molar-refractivity contribution is 9.09. The Morgan fingerprint density at radius 3 is 2.77 bits per heavy atom. The van der Waals surface area contributed by atoms with Gasteiger partial charge in [-0.1, -0.05) is 40.2 Å². The van der Waals surface area contributed by atoms with E-state index in [9.17, 15) is 4.79 Å². The highest BCUT2D eigenvalue weighted by Gasteiger charge is 2.01. The first-order chi connectivity index (χ1) is 6.24. The summed E-state index contributed by atoms with van der Waals surface area (Å²) in [6.07, 6.45) is 0. The van der Waals surface area contributed by atoms with E-state index < -0.39 is 0 Å². The molecule has 1 aromatic carbocycles. The van der Waals surface area contributed by atoms with Crippen molar-refractivity contribution in [2.45, 2.75) is 13.5 Å². The van der Waals surface area contributed by atoms with Crippen LogP contribution < -0.4 is 0 Å². The minimum Gasteiger partial charge on any atom is -0.460 e. The SMILES string of the molecule is Cc1ccccc1COC(=O)CBr. The molecule has 13 heavy (non-hydrogen) atoms. The summed E-state index contributed by atoms with van der Waals surface area (Å²) >= 11 is 3.03. The molecule has 0 saturated heterocycles. The molecule has 0 aliphatic rings. The fourth-order valence-electron chi connectivity index (χ4n) is 0.969. The largest absolute Gasteiger partial charge is 0.460 e. The van der Waals surface area contributed by atoms with E-state index in [0.717, 1.165) is 11.1 Å². The first-order valence-electron chi connectivity index (χ1n) is 4.00. The van der Waals surface area contributed by atoms with Gasteiger partial charge in [0, 0.05) is 0 Å². The summed E-state index contributed by atoms with van der Waals surface area (Å²) in [5.41, 5.74) is 2.20. The fourth-order valence-corrected chi connectivity index (χ4v) is 1.13. The number of esters is 1. The van der Waals surface area contributed by atoms with Gasteiger partial charge in [0.1, 0.15) is 11.9 Å². The molecular formula is C10H11BrO2. The van der Waals surface area contributed by atoms with Crippen LogP contribution in [0.25, 0.3) is 0 Å². The maximum atomic E-state index is 10.8. The third-order valence-corrected chi connectivity index (χ3v) is 2.22. The van der Waals surface area contributed by atoms with Crippen molar-refractivity contribution < 1.29 is 9.53 Å². The smallest absolute Gasteiger partial charge is 0.316 e. The maximum absolute atomic E-state index is 10.8. The molecule has 0 radical (unpaired) electrons. The summed E-state index contributed by atoms with van der Waals surface area (Å²) in [4.78, 5) is 10.8. The van der Waals surface area contributed by atoms with Crippen LogP contribution in [-0.4, -0.2) is 11.3 Å². The first-order valence-corrected chi connectivity index (χ1v) is 5.12. The molecule has 0 spiro atoms. The zero-order valence-corrected chi connectivity index (χ0v) is 9.00. The molecule has 0 unspecified atom stereocenters. The second-order valence-corrected chi connectivity index (χ2v) is 3.28. The summed E-state index contributed by atoms with van der Waals surface area (Å²) in [5, 5.41) is 0.249. The van der Waals surface area contributed by atoms with Crippen LogP contribution in [0.2, 0.25) is 0 Å². The van der Waals surface area contributed by atoms with Gasteiger partial charge < -0.3 is 4.74 Å². The van der Waals surface area contributed by atoms with Gasteiger partial charge in [0.2, 0.25) is 0 Å². The molecule has 0 aromatic heterocycles. The Labute approximate surface area is 86.0 Å². The lowest BCUT2D eigenvalue weighted by Crippen LogP contribution is -2.05. The maximum Gasteiger partial charge on any atom is 0.316 e. The Bertz CT molecular complexity index is 297. The molecule has 0 saturated carbocycles. The number of alkyl halides is 1. The average molecular weight is 243 g/mol. The highest BCUT2D eigenvalue weighted by Crippen LogP contribution is 2.08. The van der Waals surface area contributed by atoms with Crippen LogP contribution in [-0.2, 0) is 16.1 Å². The molecule has 0 bridgehead atoms. The molecule has 1 aromatic rings. The quantitative estimate of drug-likeness (QED) is 0.602. The summed E-state index contributed by atoms with van der Waals surface area (Å²) in [6, 6.07) is 7.85. The van der Waals surface area contributed by atoms with Gasteiger partial charge in [-0.25, -0.2) is 0 Å². The van der Waals surface area contributed by atoms with Gasteiger partial charge in [-0.3, -0.25) is 4.79 Å². The van der Waals surface area contributed by atoms with Crippen LogP contribution in [0, 0.1) is 6.92 Å². The number of aryl methyl sites for hydroxylation is 1. The summed E-state index contributed by atoms with van der Waals surface area (Å²) in [6.45, 7) is 2.36. The summed E-state index contributed by atoms with van der Waals surface area (Å²) in [5.74, 6) is -0.233. The Balaban J connectivity index is 2.54. The van der Waals surface area contributed by atoms with E-state index in [0.29, 0.717) is 6.61 Å². The van der Waals surface area contributed by atoms with Gasteiger partial charge in [0.05, 0.1) is 0 Å². The number of hydrogen-bond acceptors (Lipinski definition) is 2. The highest BCUT2D eigenvalue weighted by atomic mass is 79.9. The van der Waals surface area contributed by atoms with Crippen LogP contribution >= 0.6 is 15.9 Å². The van der Waals surface area contributed by atoms with Gasteiger partial charge in [-0.15, -0.1) is 0 Å². The zero-order valence-electron chi connectivity index (χ0n) is 7.42. The first kappa shape index (κ1) is 10.3. The van der Waals surface area contributed by atoms with Crippen LogP contribution in [0.3, 0.4) is 0 Å². The van der Waals surface area contributed by atoms with Gasteiger partial charge in [0.25, 0.3) is 0 Å². The van der Waals surface area contributed by atoms with Crippen molar-refractivity contribution in [1.29, 1.82) is 0 Å². The van der Waals surface area contributed by atoms with Crippen molar-refractivity contribution >= 4 is 21.9 Å². The van der Waals surface area contributed by atoms with E-state index in [1.807, 2.05) is 31.2 Å². The van der Waals surface area contributed by atoms with Gasteiger partial charge in [-0.2, -0.15) is 0 Å². The number of halogens is 1. The molecule has 0 aliphatic carbocycles. The van der Waals surface area contributed by atoms with Crippen molar-refractivity contribution in [3.05, 3.63) is 35.4 Å². The number of hydrogen-bond donors (Lipinski definition) is 0. The van der Waals surface area contributed by atoms with Crippen molar-refractivity contribution in [1.82, 2.24) is 0 Å². The Hall–Kier alpha value is -0.830. The van der Waals surface area contributed by atoms with E-state index >= 15 is 0 Å². The summed E-state index contributed by atoms with van der Waals surface area (Å²) in [7, 11) is 0. The predicted octanol–water partition coefficient (Wildman–Crippen LogP) is 2.43. The van der Waals surface area contributed by atoms with Crippen molar-refractivity contribution in [3.8, 4) is 0 Å². The minimum absolute atomic E-state index is 0.233. The van der Waals surface area contributed by atoms with Crippen LogP contribution in [0.5, 0.6) is 0 Å². The zero-order chi connectivity index (χ0) is 9.68. The lowest BCUT2D eigenvalue weighted by atomic mass is 10.1. The molecule has 0 atom stereocenters. The Kier molecular flexibility index (Phi) is 3.96. The second-order valence-electron chi connectivity index (χ2n) is 2.72. The second kappa shape index (κ2) is 5.02. The number of carbonyl (C=O) groups is 1. The monoisotopic (exact) mass is 242 g/mol. The lowest BCUT2D eigenvalue weighted by Gasteiger charge is -2.05. The predicted molar refractivity (Wildman–Crippen MR) is 54.8 cm³/mol. The number of rotatable bonds is 3. The molecule has 0 fully saturated rings. The van der Waals surface area contributed by atoms with Gasteiger partial charge in [-0.05, 0) is 18.1 Å². The third kappa shape index (κ3) is 3.19. The molecular weight excluding hydrogens is 232 g/mol. The van der Waals surface area contributed by atoms with E-state index in [-0.39, 0.29) is 11.3 Å². The summed E-state index contributed by atoms with van der Waals surface area (Å²) < 4.78 is 4.97. The molecule has 1 rings (SSSR count). The fraction of sp³-hybridized carbons (Fsp3) is 0.300. The average Bonchev–Trinajstić information content (AvgIpc) is 2.16. The van der Waals surface area contributed by atoms with E-state index in [1.165, 1.54) is 0 Å². The lowest BCUT2D eigenvalue weighted by molar-refractivity contribution is -0.141. The number of ether oxygens (including phenoxy) is 1.